The highest BCUT2D eigenvalue weighted by Crippen LogP contribution is 2.17. The van der Waals surface area contributed by atoms with Gasteiger partial charge in [-0.1, -0.05) is 0 Å². The normalized spacial score (nSPS) is 21.7. The van der Waals surface area contributed by atoms with Crippen molar-refractivity contribution in [1.29, 1.82) is 0 Å². The number of carbonyl (C=O) groups excluding carboxylic acids is 1. The molecule has 1 aliphatic rings. The number of hydrogen-bond donors (Lipinski definition) is 2. The molecular formula is C14H21N3O5S. The molecule has 1 fully saturated rings. The summed E-state index contributed by atoms with van der Waals surface area (Å²) in [4.78, 5) is 16.0. The van der Waals surface area contributed by atoms with E-state index < -0.39 is 15.9 Å². The van der Waals surface area contributed by atoms with Crippen LogP contribution < -0.4 is 14.8 Å². The Labute approximate surface area is 135 Å². The summed E-state index contributed by atoms with van der Waals surface area (Å²) in [5.74, 6) is 0.192. The van der Waals surface area contributed by atoms with E-state index in [1.807, 2.05) is 19.1 Å². The minimum atomic E-state index is -3.41. The van der Waals surface area contributed by atoms with Crippen molar-refractivity contribution >= 4 is 15.9 Å². The molecule has 1 amide bonds. The summed E-state index contributed by atoms with van der Waals surface area (Å²) in [6.45, 7) is 2.43. The summed E-state index contributed by atoms with van der Waals surface area (Å²) in [6.07, 6.45) is 3.00. The zero-order chi connectivity index (χ0) is 16.9. The molecule has 1 saturated heterocycles. The summed E-state index contributed by atoms with van der Waals surface area (Å²) >= 11 is 0. The zero-order valence-corrected chi connectivity index (χ0v) is 13.9. The SMILES string of the molecule is Cc1ccc(O[C@@H]2CCOC[C@@H]2NC(=O)CNS(C)(=O)=O)cn1. The molecule has 2 heterocycles. The molecule has 0 unspecified atom stereocenters. The highest BCUT2D eigenvalue weighted by molar-refractivity contribution is 7.88. The maximum Gasteiger partial charge on any atom is 0.235 e. The summed E-state index contributed by atoms with van der Waals surface area (Å²) in [6, 6.07) is 3.32. The summed E-state index contributed by atoms with van der Waals surface area (Å²) in [5, 5.41) is 2.74. The van der Waals surface area contributed by atoms with Crippen LogP contribution in [0.15, 0.2) is 18.3 Å². The fourth-order valence-corrected chi connectivity index (χ4v) is 2.54. The van der Waals surface area contributed by atoms with Crippen LogP contribution in [0.3, 0.4) is 0 Å². The van der Waals surface area contributed by atoms with Gasteiger partial charge in [0.2, 0.25) is 15.9 Å². The second-order valence-corrected chi connectivity index (χ2v) is 7.26. The van der Waals surface area contributed by atoms with Gasteiger partial charge in [0.15, 0.2) is 0 Å². The molecule has 8 nitrogen and oxygen atoms in total. The van der Waals surface area contributed by atoms with Crippen LogP contribution in [-0.2, 0) is 19.6 Å². The van der Waals surface area contributed by atoms with E-state index in [0.29, 0.717) is 25.4 Å². The Kier molecular flexibility index (Phi) is 5.91. The minimum absolute atomic E-state index is 0.254. The Hall–Kier alpha value is -1.71. The van der Waals surface area contributed by atoms with Crippen LogP contribution in [0.4, 0.5) is 0 Å². The molecule has 0 radical (unpaired) electrons. The third-order valence-corrected chi connectivity index (χ3v) is 3.97. The van der Waals surface area contributed by atoms with E-state index in [2.05, 4.69) is 15.0 Å². The number of aryl methyl sites for hydroxylation is 1. The smallest absolute Gasteiger partial charge is 0.235 e. The van der Waals surface area contributed by atoms with Crippen LogP contribution in [0.25, 0.3) is 0 Å². The second-order valence-electron chi connectivity index (χ2n) is 5.42. The van der Waals surface area contributed by atoms with Crippen LogP contribution in [0, 0.1) is 6.92 Å². The van der Waals surface area contributed by atoms with Crippen LogP contribution in [0.1, 0.15) is 12.1 Å². The van der Waals surface area contributed by atoms with Gasteiger partial charge in [-0.05, 0) is 19.1 Å². The first-order chi connectivity index (χ1) is 10.8. The Morgan fingerprint density at radius 1 is 1.48 bits per heavy atom. The van der Waals surface area contributed by atoms with Crippen molar-refractivity contribution in [2.24, 2.45) is 0 Å². The van der Waals surface area contributed by atoms with Gasteiger partial charge in [-0.25, -0.2) is 13.1 Å². The molecule has 2 rings (SSSR count). The number of pyridine rings is 1. The van der Waals surface area contributed by atoms with Gasteiger partial charge in [-0.2, -0.15) is 0 Å². The predicted octanol–water partition coefficient (Wildman–Crippen LogP) is -0.408. The molecule has 23 heavy (non-hydrogen) atoms. The van der Waals surface area contributed by atoms with Gasteiger partial charge in [-0.15, -0.1) is 0 Å². The maximum absolute atomic E-state index is 11.8. The lowest BCUT2D eigenvalue weighted by atomic mass is 10.1. The fourth-order valence-electron chi connectivity index (χ4n) is 2.15. The van der Waals surface area contributed by atoms with E-state index in [0.717, 1.165) is 11.9 Å². The summed E-state index contributed by atoms with van der Waals surface area (Å²) in [7, 11) is -3.41. The third kappa shape index (κ3) is 6.12. The average molecular weight is 343 g/mol. The number of aromatic nitrogens is 1. The number of rotatable bonds is 6. The highest BCUT2D eigenvalue weighted by atomic mass is 32.2. The van der Waals surface area contributed by atoms with E-state index >= 15 is 0 Å². The molecule has 1 aliphatic heterocycles. The molecule has 0 aromatic carbocycles. The van der Waals surface area contributed by atoms with Gasteiger partial charge in [-0.3, -0.25) is 9.78 Å². The molecule has 9 heteroatoms. The van der Waals surface area contributed by atoms with E-state index in [4.69, 9.17) is 9.47 Å². The van der Waals surface area contributed by atoms with Crippen LogP contribution in [0.5, 0.6) is 5.75 Å². The van der Waals surface area contributed by atoms with Crippen molar-refractivity contribution < 1.29 is 22.7 Å². The summed E-state index contributed by atoms with van der Waals surface area (Å²) < 4.78 is 35.4. The standard InChI is InChI=1S/C14H21N3O5S/c1-10-3-4-11(7-15-10)22-13-5-6-21-9-12(13)17-14(18)8-16-23(2,19)20/h3-4,7,12-13,16H,5-6,8-9H2,1-2H3,(H,17,18)/t12-,13+/m0/s1. The zero-order valence-electron chi connectivity index (χ0n) is 13.1. The number of hydrogen-bond acceptors (Lipinski definition) is 6. The predicted molar refractivity (Wildman–Crippen MR) is 83.6 cm³/mol. The quantitative estimate of drug-likeness (QED) is 0.727. The Bertz CT molecular complexity index is 632. The van der Waals surface area contributed by atoms with Crippen molar-refractivity contribution in [3.05, 3.63) is 24.0 Å². The van der Waals surface area contributed by atoms with E-state index in [1.54, 1.807) is 6.20 Å². The van der Waals surface area contributed by atoms with Crippen LogP contribution >= 0.6 is 0 Å². The molecule has 1 aromatic heterocycles. The number of ether oxygens (including phenoxy) is 2. The molecule has 128 valence electrons. The molecule has 0 aliphatic carbocycles. The first kappa shape index (κ1) is 17.6. The average Bonchev–Trinajstić information content (AvgIpc) is 2.49. The Morgan fingerprint density at radius 2 is 2.26 bits per heavy atom. The van der Waals surface area contributed by atoms with Gasteiger partial charge in [0, 0.05) is 12.1 Å². The summed E-state index contributed by atoms with van der Waals surface area (Å²) in [5.41, 5.74) is 0.890. The lowest BCUT2D eigenvalue weighted by Gasteiger charge is -2.32. The van der Waals surface area contributed by atoms with E-state index in [-0.39, 0.29) is 18.7 Å². The Balaban J connectivity index is 1.92. The van der Waals surface area contributed by atoms with Gasteiger partial charge in [0.05, 0.1) is 38.3 Å². The van der Waals surface area contributed by atoms with E-state index in [1.165, 1.54) is 0 Å². The lowest BCUT2D eigenvalue weighted by molar-refractivity contribution is -0.123. The number of amides is 1. The van der Waals surface area contributed by atoms with Crippen molar-refractivity contribution in [1.82, 2.24) is 15.0 Å². The van der Waals surface area contributed by atoms with Gasteiger partial charge in [0.1, 0.15) is 11.9 Å². The number of nitrogens with zero attached hydrogens (tertiary/aromatic N) is 1. The number of sulfonamides is 1. The molecule has 0 spiro atoms. The van der Waals surface area contributed by atoms with E-state index in [9.17, 15) is 13.2 Å². The first-order valence-corrected chi connectivity index (χ1v) is 9.14. The largest absolute Gasteiger partial charge is 0.486 e. The number of nitrogens with one attached hydrogen (secondary N) is 2. The molecule has 2 atom stereocenters. The molecular weight excluding hydrogens is 322 g/mol. The topological polar surface area (TPSA) is 107 Å². The van der Waals surface area contributed by atoms with Crippen molar-refractivity contribution in [3.63, 3.8) is 0 Å². The maximum atomic E-state index is 11.8. The molecule has 2 N–H and O–H groups in total. The van der Waals surface area contributed by atoms with Gasteiger partial charge < -0.3 is 14.8 Å². The minimum Gasteiger partial charge on any atom is -0.486 e. The molecule has 0 saturated carbocycles. The van der Waals surface area contributed by atoms with Crippen molar-refractivity contribution in [3.8, 4) is 5.75 Å². The Morgan fingerprint density at radius 3 is 2.91 bits per heavy atom. The number of carbonyl (C=O) groups is 1. The van der Waals surface area contributed by atoms with Crippen molar-refractivity contribution in [2.75, 3.05) is 26.0 Å². The molecule has 1 aromatic rings. The lowest BCUT2D eigenvalue weighted by Crippen LogP contribution is -2.53. The fraction of sp³-hybridized carbons (Fsp3) is 0.571. The van der Waals surface area contributed by atoms with Gasteiger partial charge in [0.25, 0.3) is 0 Å². The second kappa shape index (κ2) is 7.71. The van der Waals surface area contributed by atoms with Crippen LogP contribution in [-0.4, -0.2) is 57.5 Å². The van der Waals surface area contributed by atoms with Crippen LogP contribution in [0.2, 0.25) is 0 Å². The monoisotopic (exact) mass is 343 g/mol. The van der Waals surface area contributed by atoms with Gasteiger partial charge >= 0.3 is 0 Å². The molecule has 0 bridgehead atoms. The highest BCUT2D eigenvalue weighted by Gasteiger charge is 2.29. The third-order valence-electron chi connectivity index (χ3n) is 3.31. The first-order valence-electron chi connectivity index (χ1n) is 7.24. The van der Waals surface area contributed by atoms with Crippen molar-refractivity contribution in [2.45, 2.75) is 25.5 Å².